The molecule has 2 N–H and O–H groups in total. The number of hydrogen-bond acceptors (Lipinski definition) is 6. The van der Waals surface area contributed by atoms with Gasteiger partial charge in [0.25, 0.3) is 0 Å². The number of unbranched alkanes of at least 4 members (excludes halogenated alkanes) is 2. The quantitative estimate of drug-likeness (QED) is 0.350. The van der Waals surface area contributed by atoms with Crippen molar-refractivity contribution in [2.45, 2.75) is 39.5 Å². The molecule has 0 unspecified atom stereocenters. The van der Waals surface area contributed by atoms with E-state index in [-0.39, 0.29) is 0 Å². The molecule has 24 heavy (non-hydrogen) atoms. The van der Waals surface area contributed by atoms with Crippen LogP contribution in [0.3, 0.4) is 0 Å². The Morgan fingerprint density at radius 1 is 0.708 bits per heavy atom. The first-order valence-electron chi connectivity index (χ1n) is 7.48. The molecule has 0 aliphatic carbocycles. The SMILES string of the molecule is CCCCOC(=O)/C=C\C(=O)O.CCCCOC(=O)/C=C\C(=O)O. The van der Waals surface area contributed by atoms with Crippen molar-refractivity contribution in [1.82, 2.24) is 0 Å². The standard InChI is InChI=1S/2C8H12O4/c2*1-2-3-6-12-8(11)5-4-7(9)10/h2*4-5H,2-3,6H2,1H3,(H,9,10)/b2*5-4-. The van der Waals surface area contributed by atoms with Gasteiger partial charge in [0.15, 0.2) is 0 Å². The average molecular weight is 344 g/mol. The van der Waals surface area contributed by atoms with Gasteiger partial charge in [-0.05, 0) is 12.8 Å². The minimum atomic E-state index is -1.15. The molecule has 0 amide bonds. The summed E-state index contributed by atoms with van der Waals surface area (Å²) in [4.78, 5) is 41.2. The van der Waals surface area contributed by atoms with E-state index in [9.17, 15) is 19.2 Å². The largest absolute Gasteiger partial charge is 0.478 e. The second-order valence-corrected chi connectivity index (χ2v) is 4.39. The third kappa shape index (κ3) is 21.7. The summed E-state index contributed by atoms with van der Waals surface area (Å²) in [6.45, 7) is 4.64. The summed E-state index contributed by atoms with van der Waals surface area (Å²) < 4.78 is 9.29. The summed E-state index contributed by atoms with van der Waals surface area (Å²) in [5.74, 6) is -3.51. The van der Waals surface area contributed by atoms with Crippen molar-refractivity contribution in [1.29, 1.82) is 0 Å². The zero-order valence-electron chi connectivity index (χ0n) is 13.9. The fourth-order valence-corrected chi connectivity index (χ4v) is 1.01. The Hall–Kier alpha value is -2.64. The molecule has 0 aromatic carbocycles. The Labute approximate surface area is 140 Å². The van der Waals surface area contributed by atoms with Crippen LogP contribution in [0.4, 0.5) is 0 Å². The Balaban J connectivity index is 0. The highest BCUT2D eigenvalue weighted by molar-refractivity contribution is 5.91. The number of carboxylic acids is 2. The van der Waals surface area contributed by atoms with Crippen LogP contribution < -0.4 is 0 Å². The number of esters is 2. The normalized spacial score (nSPS) is 10.1. The van der Waals surface area contributed by atoms with E-state index in [0.29, 0.717) is 13.2 Å². The van der Waals surface area contributed by atoms with Gasteiger partial charge in [0, 0.05) is 24.3 Å². The molecular weight excluding hydrogens is 320 g/mol. The number of rotatable bonds is 10. The fraction of sp³-hybridized carbons (Fsp3) is 0.500. The van der Waals surface area contributed by atoms with Crippen LogP contribution in [0, 0.1) is 0 Å². The third-order valence-corrected chi connectivity index (χ3v) is 2.21. The summed E-state index contributed by atoms with van der Waals surface area (Å²) in [7, 11) is 0. The fourth-order valence-electron chi connectivity index (χ4n) is 1.01. The van der Waals surface area contributed by atoms with Crippen molar-refractivity contribution < 1.29 is 38.9 Å². The van der Waals surface area contributed by atoms with Crippen molar-refractivity contribution in [2.75, 3.05) is 13.2 Å². The van der Waals surface area contributed by atoms with Crippen LogP contribution in [0.15, 0.2) is 24.3 Å². The highest BCUT2D eigenvalue weighted by Crippen LogP contribution is 1.90. The summed E-state index contributed by atoms with van der Waals surface area (Å²) >= 11 is 0. The van der Waals surface area contributed by atoms with Gasteiger partial charge in [0.2, 0.25) is 0 Å². The van der Waals surface area contributed by atoms with Crippen molar-refractivity contribution in [3.05, 3.63) is 24.3 Å². The second-order valence-electron chi connectivity index (χ2n) is 4.39. The first-order chi connectivity index (χ1) is 11.3. The molecule has 0 aliphatic rings. The lowest BCUT2D eigenvalue weighted by atomic mass is 10.4. The molecule has 0 aromatic rings. The third-order valence-electron chi connectivity index (χ3n) is 2.21. The zero-order valence-corrected chi connectivity index (χ0v) is 13.9. The van der Waals surface area contributed by atoms with E-state index in [2.05, 4.69) is 9.47 Å². The van der Waals surface area contributed by atoms with Crippen LogP contribution in [0.2, 0.25) is 0 Å². The minimum absolute atomic E-state index is 0.347. The van der Waals surface area contributed by atoms with Crippen LogP contribution in [0.25, 0.3) is 0 Å². The zero-order chi connectivity index (χ0) is 18.8. The highest BCUT2D eigenvalue weighted by atomic mass is 16.5. The van der Waals surface area contributed by atoms with Gasteiger partial charge in [-0.25, -0.2) is 19.2 Å². The molecule has 0 saturated heterocycles. The second kappa shape index (κ2) is 16.7. The Morgan fingerprint density at radius 2 is 1.04 bits per heavy atom. The molecule has 0 heterocycles. The van der Waals surface area contributed by atoms with Gasteiger partial charge in [0.05, 0.1) is 13.2 Å². The van der Waals surface area contributed by atoms with Gasteiger partial charge in [0.1, 0.15) is 0 Å². The van der Waals surface area contributed by atoms with Gasteiger partial charge < -0.3 is 19.7 Å². The maximum Gasteiger partial charge on any atom is 0.331 e. The number of ether oxygens (including phenoxy) is 2. The van der Waals surface area contributed by atoms with E-state index in [1.54, 1.807) is 0 Å². The summed E-state index contributed by atoms with van der Waals surface area (Å²) in [6.07, 6.45) is 6.80. The van der Waals surface area contributed by atoms with E-state index in [1.807, 2.05) is 13.8 Å². The van der Waals surface area contributed by atoms with Crippen molar-refractivity contribution in [3.8, 4) is 0 Å². The van der Waals surface area contributed by atoms with Crippen LogP contribution in [-0.2, 0) is 28.7 Å². The van der Waals surface area contributed by atoms with Crippen molar-refractivity contribution in [3.63, 3.8) is 0 Å². The number of carbonyl (C=O) groups is 4. The van der Waals surface area contributed by atoms with Gasteiger partial charge in [-0.3, -0.25) is 0 Å². The molecule has 0 rings (SSSR count). The number of carbonyl (C=O) groups excluding carboxylic acids is 2. The molecule has 8 heteroatoms. The van der Waals surface area contributed by atoms with E-state index >= 15 is 0 Å². The number of aliphatic carboxylic acids is 2. The molecule has 0 fully saturated rings. The molecule has 0 atom stereocenters. The van der Waals surface area contributed by atoms with Crippen molar-refractivity contribution >= 4 is 23.9 Å². The Bertz CT molecular complexity index is 409. The lowest BCUT2D eigenvalue weighted by Crippen LogP contribution is -2.02. The van der Waals surface area contributed by atoms with Crippen LogP contribution in [-0.4, -0.2) is 47.3 Å². The van der Waals surface area contributed by atoms with Gasteiger partial charge in [-0.1, -0.05) is 26.7 Å². The molecule has 136 valence electrons. The van der Waals surface area contributed by atoms with Gasteiger partial charge >= 0.3 is 23.9 Å². The molecule has 0 radical (unpaired) electrons. The van der Waals surface area contributed by atoms with Gasteiger partial charge in [-0.2, -0.15) is 0 Å². The average Bonchev–Trinajstić information content (AvgIpc) is 2.52. The topological polar surface area (TPSA) is 127 Å². The van der Waals surface area contributed by atoms with E-state index in [4.69, 9.17) is 10.2 Å². The molecule has 0 saturated carbocycles. The van der Waals surface area contributed by atoms with Crippen LogP contribution in [0.5, 0.6) is 0 Å². The maximum absolute atomic E-state index is 10.6. The predicted molar refractivity (Wildman–Crippen MR) is 85.3 cm³/mol. The first-order valence-corrected chi connectivity index (χ1v) is 7.48. The summed E-state index contributed by atoms with van der Waals surface area (Å²) in [5.41, 5.74) is 0. The molecule has 0 aliphatic heterocycles. The maximum atomic E-state index is 10.6. The van der Waals surface area contributed by atoms with Crippen LogP contribution in [0.1, 0.15) is 39.5 Å². The number of carboxylic acid groups (broad SMARTS) is 2. The highest BCUT2D eigenvalue weighted by Gasteiger charge is 1.97. The van der Waals surface area contributed by atoms with E-state index in [0.717, 1.165) is 50.0 Å². The van der Waals surface area contributed by atoms with Crippen LogP contribution >= 0.6 is 0 Å². The lowest BCUT2D eigenvalue weighted by Gasteiger charge is -1.97. The molecular formula is C16H24O8. The van der Waals surface area contributed by atoms with Gasteiger partial charge in [-0.15, -0.1) is 0 Å². The molecule has 0 bridgehead atoms. The Morgan fingerprint density at radius 3 is 1.29 bits per heavy atom. The molecule has 8 nitrogen and oxygen atoms in total. The molecule has 0 spiro atoms. The van der Waals surface area contributed by atoms with E-state index in [1.165, 1.54) is 0 Å². The smallest absolute Gasteiger partial charge is 0.331 e. The monoisotopic (exact) mass is 344 g/mol. The first kappa shape index (κ1) is 23.6. The Kier molecular flexibility index (Phi) is 16.5. The minimum Gasteiger partial charge on any atom is -0.478 e. The molecule has 0 aromatic heterocycles. The predicted octanol–water partition coefficient (Wildman–Crippen LogP) is 1.94. The van der Waals surface area contributed by atoms with E-state index < -0.39 is 23.9 Å². The lowest BCUT2D eigenvalue weighted by molar-refractivity contribution is -0.139. The van der Waals surface area contributed by atoms with Crippen molar-refractivity contribution in [2.24, 2.45) is 0 Å². The number of hydrogen-bond donors (Lipinski definition) is 2. The summed E-state index contributed by atoms with van der Waals surface area (Å²) in [5, 5.41) is 16.3. The summed E-state index contributed by atoms with van der Waals surface area (Å²) in [6, 6.07) is 0.